The molecule has 0 aliphatic carbocycles. The number of ether oxygens (including phenoxy) is 1. The molecule has 1 unspecified atom stereocenters. The molecular weight excluding hydrogens is 346 g/mol. The standard InChI is InChI=1S/C18H35N7O2/c1-7-9-14(23-17(26)27-18(3,4)5)12-21-16(19-6)20-10-11-25-13-22-24-15(25)8-2/h13-14H,7-12H2,1-6H3,(H,23,26)(H2,19,20,21). The number of aryl methyl sites for hydroxylation is 1. The Morgan fingerprint density at radius 1 is 1.33 bits per heavy atom. The Labute approximate surface area is 162 Å². The number of hydrogen-bond acceptors (Lipinski definition) is 5. The largest absolute Gasteiger partial charge is 0.444 e. The fourth-order valence-electron chi connectivity index (χ4n) is 2.52. The Morgan fingerprint density at radius 2 is 2.07 bits per heavy atom. The van der Waals surface area contributed by atoms with E-state index < -0.39 is 11.7 Å². The molecule has 0 bridgehead atoms. The number of nitrogens with zero attached hydrogens (tertiary/aromatic N) is 4. The Balaban J connectivity index is 2.43. The number of aliphatic imine (C=N–C) groups is 1. The van der Waals surface area contributed by atoms with E-state index in [1.807, 2.05) is 25.3 Å². The Morgan fingerprint density at radius 3 is 2.67 bits per heavy atom. The van der Waals surface area contributed by atoms with Gasteiger partial charge >= 0.3 is 6.09 Å². The van der Waals surface area contributed by atoms with Crippen molar-refractivity contribution in [1.82, 2.24) is 30.7 Å². The molecule has 0 spiro atoms. The number of rotatable bonds is 9. The first-order valence-corrected chi connectivity index (χ1v) is 9.59. The van der Waals surface area contributed by atoms with Crippen LogP contribution in [0, 0.1) is 0 Å². The van der Waals surface area contributed by atoms with Crippen LogP contribution in [0.1, 0.15) is 53.3 Å². The van der Waals surface area contributed by atoms with E-state index in [-0.39, 0.29) is 6.04 Å². The number of carbonyl (C=O) groups excluding carboxylic acids is 1. The second-order valence-electron chi connectivity index (χ2n) is 7.31. The zero-order valence-corrected chi connectivity index (χ0v) is 17.5. The summed E-state index contributed by atoms with van der Waals surface area (Å²) >= 11 is 0. The minimum absolute atomic E-state index is 0.0343. The topological polar surface area (TPSA) is 105 Å². The zero-order chi connectivity index (χ0) is 20.3. The normalized spacial score (nSPS) is 13.2. The maximum absolute atomic E-state index is 12.0. The number of amides is 1. The van der Waals surface area contributed by atoms with Gasteiger partial charge < -0.3 is 25.3 Å². The maximum atomic E-state index is 12.0. The first-order valence-electron chi connectivity index (χ1n) is 9.59. The Hall–Kier alpha value is -2.32. The van der Waals surface area contributed by atoms with Crippen LogP contribution in [0.2, 0.25) is 0 Å². The van der Waals surface area contributed by atoms with Crippen molar-refractivity contribution in [3.63, 3.8) is 0 Å². The van der Waals surface area contributed by atoms with Gasteiger partial charge in [-0.05, 0) is 27.2 Å². The van der Waals surface area contributed by atoms with E-state index in [1.54, 1.807) is 13.4 Å². The molecule has 1 rings (SSSR count). The third kappa shape index (κ3) is 9.25. The van der Waals surface area contributed by atoms with Crippen LogP contribution in [0.3, 0.4) is 0 Å². The third-order valence-corrected chi connectivity index (χ3v) is 3.75. The molecule has 0 aliphatic rings. The Bertz CT molecular complexity index is 593. The highest BCUT2D eigenvalue weighted by molar-refractivity contribution is 5.79. The summed E-state index contributed by atoms with van der Waals surface area (Å²) in [5, 5.41) is 17.4. The van der Waals surface area contributed by atoms with E-state index in [1.165, 1.54) is 0 Å². The molecule has 0 radical (unpaired) electrons. The summed E-state index contributed by atoms with van der Waals surface area (Å²) in [4.78, 5) is 16.2. The van der Waals surface area contributed by atoms with Gasteiger partial charge in [0.25, 0.3) is 0 Å². The van der Waals surface area contributed by atoms with Crippen molar-refractivity contribution in [3.05, 3.63) is 12.2 Å². The lowest BCUT2D eigenvalue weighted by molar-refractivity contribution is 0.0502. The summed E-state index contributed by atoms with van der Waals surface area (Å²) in [5.41, 5.74) is -0.509. The van der Waals surface area contributed by atoms with Gasteiger partial charge in [-0.25, -0.2) is 4.79 Å². The molecule has 9 nitrogen and oxygen atoms in total. The van der Waals surface area contributed by atoms with Gasteiger partial charge in [0.05, 0.1) is 0 Å². The van der Waals surface area contributed by atoms with Crippen molar-refractivity contribution < 1.29 is 9.53 Å². The summed E-state index contributed by atoms with van der Waals surface area (Å²) in [6, 6.07) is -0.0343. The quantitative estimate of drug-likeness (QED) is 0.444. The van der Waals surface area contributed by atoms with Crippen LogP contribution in [0.5, 0.6) is 0 Å². The molecule has 27 heavy (non-hydrogen) atoms. The lowest BCUT2D eigenvalue weighted by Gasteiger charge is -2.24. The van der Waals surface area contributed by atoms with Crippen molar-refractivity contribution >= 4 is 12.1 Å². The summed E-state index contributed by atoms with van der Waals surface area (Å²) in [6.07, 6.45) is 4.00. The molecule has 0 aliphatic heterocycles. The van der Waals surface area contributed by atoms with Crippen molar-refractivity contribution in [2.45, 2.75) is 72.1 Å². The van der Waals surface area contributed by atoms with Crippen LogP contribution in [-0.4, -0.2) is 58.6 Å². The lowest BCUT2D eigenvalue weighted by Crippen LogP contribution is -2.48. The predicted octanol–water partition coefficient (Wildman–Crippen LogP) is 1.70. The average molecular weight is 382 g/mol. The fourth-order valence-corrected chi connectivity index (χ4v) is 2.52. The van der Waals surface area contributed by atoms with E-state index in [0.717, 1.165) is 31.6 Å². The van der Waals surface area contributed by atoms with Crippen LogP contribution < -0.4 is 16.0 Å². The highest BCUT2D eigenvalue weighted by Crippen LogP contribution is 2.07. The van der Waals surface area contributed by atoms with Crippen LogP contribution in [-0.2, 0) is 17.7 Å². The van der Waals surface area contributed by atoms with Crippen molar-refractivity contribution in [1.29, 1.82) is 0 Å². The minimum atomic E-state index is -0.509. The van der Waals surface area contributed by atoms with Gasteiger partial charge in [0.1, 0.15) is 17.8 Å². The van der Waals surface area contributed by atoms with E-state index >= 15 is 0 Å². The number of guanidine groups is 1. The predicted molar refractivity (Wildman–Crippen MR) is 107 cm³/mol. The minimum Gasteiger partial charge on any atom is -0.444 e. The lowest BCUT2D eigenvalue weighted by atomic mass is 10.1. The summed E-state index contributed by atoms with van der Waals surface area (Å²) < 4.78 is 7.36. The first-order chi connectivity index (χ1) is 12.8. The number of hydrogen-bond donors (Lipinski definition) is 3. The third-order valence-electron chi connectivity index (χ3n) is 3.75. The summed E-state index contributed by atoms with van der Waals surface area (Å²) in [7, 11) is 1.72. The van der Waals surface area contributed by atoms with Gasteiger partial charge in [-0.2, -0.15) is 0 Å². The highest BCUT2D eigenvalue weighted by atomic mass is 16.6. The molecule has 1 amide bonds. The Kier molecular flexibility index (Phi) is 9.60. The summed E-state index contributed by atoms with van der Waals surface area (Å²) in [5.74, 6) is 1.65. The smallest absolute Gasteiger partial charge is 0.407 e. The fraction of sp³-hybridized carbons (Fsp3) is 0.778. The van der Waals surface area contributed by atoms with Gasteiger partial charge in [0.2, 0.25) is 0 Å². The van der Waals surface area contributed by atoms with Gasteiger partial charge in [0.15, 0.2) is 5.96 Å². The van der Waals surface area contributed by atoms with E-state index in [4.69, 9.17) is 4.74 Å². The van der Waals surface area contributed by atoms with Gasteiger partial charge in [0, 0.05) is 39.1 Å². The molecule has 154 valence electrons. The second-order valence-corrected chi connectivity index (χ2v) is 7.31. The zero-order valence-electron chi connectivity index (χ0n) is 17.5. The molecular formula is C18H35N7O2. The van der Waals surface area contributed by atoms with Crippen LogP contribution >= 0.6 is 0 Å². The number of aromatic nitrogens is 3. The number of alkyl carbamates (subject to hydrolysis) is 1. The molecule has 0 saturated heterocycles. The molecule has 0 aromatic carbocycles. The van der Waals surface area contributed by atoms with E-state index in [9.17, 15) is 4.79 Å². The van der Waals surface area contributed by atoms with E-state index in [2.05, 4.69) is 45.0 Å². The van der Waals surface area contributed by atoms with Crippen molar-refractivity contribution in [3.8, 4) is 0 Å². The second kappa shape index (κ2) is 11.4. The molecule has 1 heterocycles. The van der Waals surface area contributed by atoms with Crippen LogP contribution in [0.25, 0.3) is 0 Å². The first kappa shape index (κ1) is 22.7. The molecule has 1 aromatic heterocycles. The van der Waals surface area contributed by atoms with Crippen LogP contribution in [0.4, 0.5) is 4.79 Å². The SMILES string of the molecule is CCCC(CNC(=NC)NCCn1cnnc1CC)NC(=O)OC(C)(C)C. The molecule has 0 saturated carbocycles. The van der Waals surface area contributed by atoms with Gasteiger partial charge in [-0.3, -0.25) is 4.99 Å². The van der Waals surface area contributed by atoms with Crippen LogP contribution in [0.15, 0.2) is 11.3 Å². The average Bonchev–Trinajstić information content (AvgIpc) is 3.03. The molecule has 1 atom stereocenters. The summed E-state index contributed by atoms with van der Waals surface area (Å²) in [6.45, 7) is 11.7. The molecule has 3 N–H and O–H groups in total. The molecule has 9 heteroatoms. The molecule has 0 fully saturated rings. The van der Waals surface area contributed by atoms with Crippen molar-refractivity contribution in [2.75, 3.05) is 20.1 Å². The number of nitrogens with one attached hydrogen (secondary N) is 3. The maximum Gasteiger partial charge on any atom is 0.407 e. The molecule has 1 aromatic rings. The highest BCUT2D eigenvalue weighted by Gasteiger charge is 2.19. The van der Waals surface area contributed by atoms with E-state index in [0.29, 0.717) is 19.0 Å². The number of carbonyl (C=O) groups is 1. The van der Waals surface area contributed by atoms with Gasteiger partial charge in [-0.1, -0.05) is 20.3 Å². The monoisotopic (exact) mass is 381 g/mol. The van der Waals surface area contributed by atoms with Crippen molar-refractivity contribution in [2.24, 2.45) is 4.99 Å². The van der Waals surface area contributed by atoms with Gasteiger partial charge in [-0.15, -0.1) is 10.2 Å².